The summed E-state index contributed by atoms with van der Waals surface area (Å²) in [5, 5.41) is 20.1. The number of aliphatic hydroxyl groups is 1. The van der Waals surface area contributed by atoms with Crippen molar-refractivity contribution in [2.24, 2.45) is 0 Å². The van der Waals surface area contributed by atoms with Gasteiger partial charge in [0, 0.05) is 36.7 Å². The van der Waals surface area contributed by atoms with Crippen molar-refractivity contribution in [2.45, 2.75) is 50.2 Å². The molecular formula is C23H27FN8O2. The van der Waals surface area contributed by atoms with Crippen LogP contribution in [0.15, 0.2) is 24.5 Å². The maximum absolute atomic E-state index is 14.4. The molecular weight excluding hydrogens is 439 g/mol. The lowest BCUT2D eigenvalue weighted by atomic mass is 9.76. The van der Waals surface area contributed by atoms with Gasteiger partial charge in [0.15, 0.2) is 23.0 Å². The fourth-order valence-electron chi connectivity index (χ4n) is 5.17. The summed E-state index contributed by atoms with van der Waals surface area (Å²) in [5.41, 5.74) is 7.47. The zero-order valence-corrected chi connectivity index (χ0v) is 19.1. The van der Waals surface area contributed by atoms with E-state index in [2.05, 4.69) is 20.1 Å². The topological polar surface area (TPSA) is 120 Å². The van der Waals surface area contributed by atoms with E-state index in [-0.39, 0.29) is 23.7 Å². The van der Waals surface area contributed by atoms with Gasteiger partial charge in [-0.1, -0.05) is 0 Å². The highest BCUT2D eigenvalue weighted by atomic mass is 19.1. The molecule has 178 valence electrons. The monoisotopic (exact) mass is 466 g/mol. The Hall–Kier alpha value is -3.47. The number of nitrogens with zero attached hydrogens (tertiary/aromatic N) is 7. The molecule has 1 aliphatic carbocycles. The number of aromatic nitrogens is 6. The lowest BCUT2D eigenvalue weighted by Gasteiger charge is -2.42. The van der Waals surface area contributed by atoms with Crippen LogP contribution in [-0.2, 0) is 0 Å². The highest BCUT2D eigenvalue weighted by Crippen LogP contribution is 2.42. The zero-order valence-electron chi connectivity index (χ0n) is 19.1. The molecule has 3 N–H and O–H groups in total. The van der Waals surface area contributed by atoms with Crippen molar-refractivity contribution in [1.82, 2.24) is 29.4 Å². The maximum atomic E-state index is 14.4. The van der Waals surface area contributed by atoms with Crippen molar-refractivity contribution in [3.8, 4) is 5.75 Å². The number of nitrogen functional groups attached to an aromatic ring is 1. The maximum Gasteiger partial charge on any atom is 0.223 e. The van der Waals surface area contributed by atoms with Crippen LogP contribution >= 0.6 is 0 Å². The average molecular weight is 467 g/mol. The minimum atomic E-state index is -0.700. The van der Waals surface area contributed by atoms with Crippen LogP contribution in [-0.4, -0.2) is 60.3 Å². The van der Waals surface area contributed by atoms with Gasteiger partial charge >= 0.3 is 0 Å². The van der Waals surface area contributed by atoms with Gasteiger partial charge in [0.25, 0.3) is 0 Å². The first-order valence-electron chi connectivity index (χ1n) is 11.5. The van der Waals surface area contributed by atoms with Gasteiger partial charge in [-0.25, -0.2) is 14.4 Å². The number of halogens is 1. The smallest absolute Gasteiger partial charge is 0.223 e. The lowest BCUT2D eigenvalue weighted by molar-refractivity contribution is -0.0737. The second-order valence-electron chi connectivity index (χ2n) is 9.55. The van der Waals surface area contributed by atoms with Gasteiger partial charge in [-0.15, -0.1) is 5.10 Å². The average Bonchev–Trinajstić information content (AvgIpc) is 3.47. The molecule has 1 aromatic carbocycles. The molecule has 11 heteroatoms. The van der Waals surface area contributed by atoms with Crippen molar-refractivity contribution in [3.63, 3.8) is 0 Å². The van der Waals surface area contributed by atoms with E-state index >= 15 is 0 Å². The van der Waals surface area contributed by atoms with Crippen LogP contribution < -0.4 is 15.4 Å². The number of benzene rings is 1. The van der Waals surface area contributed by atoms with Crippen LogP contribution in [0.4, 0.5) is 16.0 Å². The normalized spacial score (nSPS) is 25.1. The SMILES string of the molecule is COc1cc2nc(N)n3nc([C@@H]4CCCN(c5cnn(C6CCC6(C)O)c5)C4)nc3c2cc1F. The van der Waals surface area contributed by atoms with Gasteiger partial charge in [-0.2, -0.15) is 9.61 Å². The van der Waals surface area contributed by atoms with Crippen molar-refractivity contribution in [1.29, 1.82) is 0 Å². The fourth-order valence-corrected chi connectivity index (χ4v) is 5.17. The van der Waals surface area contributed by atoms with Gasteiger partial charge < -0.3 is 20.5 Å². The third-order valence-corrected chi connectivity index (χ3v) is 7.29. The van der Waals surface area contributed by atoms with E-state index in [1.54, 1.807) is 0 Å². The van der Waals surface area contributed by atoms with E-state index in [0.717, 1.165) is 44.5 Å². The summed E-state index contributed by atoms with van der Waals surface area (Å²) in [7, 11) is 1.41. The molecule has 34 heavy (non-hydrogen) atoms. The van der Waals surface area contributed by atoms with E-state index in [1.165, 1.54) is 23.8 Å². The quantitative estimate of drug-likeness (QED) is 0.471. The summed E-state index contributed by atoms with van der Waals surface area (Å²) >= 11 is 0. The predicted molar refractivity (Wildman–Crippen MR) is 125 cm³/mol. The van der Waals surface area contributed by atoms with Gasteiger partial charge in [-0.3, -0.25) is 4.68 Å². The molecule has 0 radical (unpaired) electrons. The molecule has 2 aliphatic rings. The van der Waals surface area contributed by atoms with Gasteiger partial charge in [0.05, 0.1) is 36.2 Å². The molecule has 6 rings (SSSR count). The molecule has 10 nitrogen and oxygen atoms in total. The van der Waals surface area contributed by atoms with Crippen LogP contribution in [0, 0.1) is 5.82 Å². The largest absolute Gasteiger partial charge is 0.494 e. The van der Waals surface area contributed by atoms with Crippen molar-refractivity contribution in [2.75, 3.05) is 30.8 Å². The molecule has 2 unspecified atom stereocenters. The number of fused-ring (bicyclic) bond motifs is 3. The molecule has 4 heterocycles. The van der Waals surface area contributed by atoms with Gasteiger partial charge in [0.2, 0.25) is 5.95 Å². The summed E-state index contributed by atoms with van der Waals surface area (Å²) in [5.74, 6) is 0.559. The first kappa shape index (κ1) is 21.1. The fraction of sp³-hybridized carbons (Fsp3) is 0.478. The van der Waals surface area contributed by atoms with Gasteiger partial charge in [-0.05, 0) is 38.7 Å². The molecule has 4 aromatic rings. The summed E-state index contributed by atoms with van der Waals surface area (Å²) in [4.78, 5) is 11.4. The number of methoxy groups -OCH3 is 1. The Morgan fingerprint density at radius 1 is 1.26 bits per heavy atom. The number of anilines is 2. The Bertz CT molecular complexity index is 1400. The number of hydrogen-bond acceptors (Lipinski definition) is 8. The predicted octanol–water partition coefficient (Wildman–Crippen LogP) is 2.67. The molecule has 1 saturated carbocycles. The van der Waals surface area contributed by atoms with Crippen LogP contribution in [0.3, 0.4) is 0 Å². The number of piperidine rings is 1. The van der Waals surface area contributed by atoms with E-state index in [9.17, 15) is 9.50 Å². The first-order valence-corrected chi connectivity index (χ1v) is 11.5. The molecule has 3 aromatic heterocycles. The van der Waals surface area contributed by atoms with Crippen LogP contribution in [0.1, 0.15) is 50.4 Å². The molecule has 2 fully saturated rings. The molecule has 0 bridgehead atoms. The molecule has 1 aliphatic heterocycles. The molecule has 1 saturated heterocycles. The Labute approximate surface area is 195 Å². The Balaban J connectivity index is 1.31. The Kier molecular flexibility index (Phi) is 4.67. The highest BCUT2D eigenvalue weighted by Gasteiger charge is 2.43. The standard InChI is InChI=1S/C23H27FN8O2/c1-23(33)6-5-19(23)31-12-14(10-26-31)30-7-3-4-13(11-30)20-28-21-15-8-16(24)18(34-2)9-17(15)27-22(25)32(21)29-20/h8-10,12-13,19,33H,3-7,11H2,1-2H3,(H2,25,27)/t13-,19?,23?/m1/s1. The third-order valence-electron chi connectivity index (χ3n) is 7.29. The Morgan fingerprint density at radius 3 is 2.85 bits per heavy atom. The number of hydrogen-bond donors (Lipinski definition) is 2. The van der Waals surface area contributed by atoms with E-state index in [1.807, 2.05) is 24.0 Å². The number of nitrogens with two attached hydrogens (primary N) is 1. The van der Waals surface area contributed by atoms with Crippen LogP contribution in [0.5, 0.6) is 5.75 Å². The lowest BCUT2D eigenvalue weighted by Crippen LogP contribution is -2.45. The third kappa shape index (κ3) is 3.25. The van der Waals surface area contributed by atoms with E-state index in [0.29, 0.717) is 22.4 Å². The summed E-state index contributed by atoms with van der Waals surface area (Å²) in [6.07, 6.45) is 7.52. The Morgan fingerprint density at radius 2 is 2.12 bits per heavy atom. The minimum absolute atomic E-state index is 0.0183. The van der Waals surface area contributed by atoms with Crippen molar-refractivity contribution < 1.29 is 14.2 Å². The molecule has 3 atom stereocenters. The highest BCUT2D eigenvalue weighted by molar-refractivity contribution is 5.93. The number of ether oxygens (including phenoxy) is 1. The van der Waals surface area contributed by atoms with Gasteiger partial charge in [0.1, 0.15) is 0 Å². The summed E-state index contributed by atoms with van der Waals surface area (Å²) in [6, 6.07) is 2.91. The van der Waals surface area contributed by atoms with Crippen molar-refractivity contribution in [3.05, 3.63) is 36.2 Å². The zero-order chi connectivity index (χ0) is 23.6. The second-order valence-corrected chi connectivity index (χ2v) is 9.55. The molecule has 0 amide bonds. The summed E-state index contributed by atoms with van der Waals surface area (Å²) < 4.78 is 22.9. The van der Waals surface area contributed by atoms with E-state index < -0.39 is 11.4 Å². The van der Waals surface area contributed by atoms with E-state index in [4.69, 9.17) is 15.5 Å². The first-order chi connectivity index (χ1) is 16.3. The van der Waals surface area contributed by atoms with Crippen LogP contribution in [0.2, 0.25) is 0 Å². The van der Waals surface area contributed by atoms with Crippen LogP contribution in [0.25, 0.3) is 16.6 Å². The van der Waals surface area contributed by atoms with Crippen molar-refractivity contribution >= 4 is 28.2 Å². The summed E-state index contributed by atoms with van der Waals surface area (Å²) in [6.45, 7) is 3.51. The second kappa shape index (κ2) is 7.52. The number of rotatable bonds is 4. The minimum Gasteiger partial charge on any atom is -0.494 e. The molecule has 0 spiro atoms.